The number of hydrogen-bond donors (Lipinski definition) is 2. The van der Waals surface area contributed by atoms with Gasteiger partial charge in [-0.3, -0.25) is 0 Å². The minimum atomic E-state index is -3.49. The van der Waals surface area contributed by atoms with Crippen molar-refractivity contribution in [1.29, 1.82) is 0 Å². The first-order valence-electron chi connectivity index (χ1n) is 6.01. The molecule has 108 valence electrons. The largest absolute Gasteiger partial charge is 0.491 e. The average Bonchev–Trinajstić information content (AvgIpc) is 2.94. The standard InChI is InChI=1S/C13H16N2O3S2/c1-15-20(16,17)11-4-5-12(14)13(9-11)18-7-6-10-3-2-8-19-10/h2-5,8-9,15H,6-7,14H2,1H3. The third-order valence-electron chi connectivity index (χ3n) is 2.75. The van der Waals surface area contributed by atoms with Gasteiger partial charge in [0.05, 0.1) is 17.2 Å². The van der Waals surface area contributed by atoms with E-state index in [0.29, 0.717) is 18.0 Å². The van der Waals surface area contributed by atoms with Crippen LogP contribution in [0.2, 0.25) is 0 Å². The zero-order valence-corrected chi connectivity index (χ0v) is 12.6. The predicted octanol–water partition coefficient (Wildman–Crippen LogP) is 1.86. The topological polar surface area (TPSA) is 81.4 Å². The smallest absolute Gasteiger partial charge is 0.240 e. The quantitative estimate of drug-likeness (QED) is 0.798. The molecular formula is C13H16N2O3S2. The summed E-state index contributed by atoms with van der Waals surface area (Å²) in [6.45, 7) is 0.452. The first-order valence-corrected chi connectivity index (χ1v) is 8.37. The molecule has 5 nitrogen and oxygen atoms in total. The normalized spacial score (nSPS) is 11.4. The fourth-order valence-electron chi connectivity index (χ4n) is 1.64. The lowest BCUT2D eigenvalue weighted by Crippen LogP contribution is -2.18. The van der Waals surface area contributed by atoms with Crippen molar-refractivity contribution in [2.45, 2.75) is 11.3 Å². The van der Waals surface area contributed by atoms with Gasteiger partial charge >= 0.3 is 0 Å². The fraction of sp³-hybridized carbons (Fsp3) is 0.231. The van der Waals surface area contributed by atoms with E-state index >= 15 is 0 Å². The summed E-state index contributed by atoms with van der Waals surface area (Å²) in [5, 5.41) is 2.00. The lowest BCUT2D eigenvalue weighted by Gasteiger charge is -2.10. The van der Waals surface area contributed by atoms with E-state index in [-0.39, 0.29) is 4.90 Å². The zero-order chi connectivity index (χ0) is 14.6. The minimum absolute atomic E-state index is 0.139. The van der Waals surface area contributed by atoms with E-state index in [9.17, 15) is 8.42 Å². The second-order valence-electron chi connectivity index (χ2n) is 4.09. The summed E-state index contributed by atoms with van der Waals surface area (Å²) in [4.78, 5) is 1.35. The molecule has 20 heavy (non-hydrogen) atoms. The SMILES string of the molecule is CNS(=O)(=O)c1ccc(N)c(OCCc2cccs2)c1. The van der Waals surface area contributed by atoms with E-state index in [1.807, 2.05) is 17.5 Å². The maximum atomic E-state index is 11.7. The van der Waals surface area contributed by atoms with E-state index in [4.69, 9.17) is 10.5 Å². The fourth-order valence-corrected chi connectivity index (χ4v) is 3.08. The molecule has 3 N–H and O–H groups in total. The van der Waals surface area contributed by atoms with Crippen LogP contribution in [0, 0.1) is 0 Å². The van der Waals surface area contributed by atoms with Gasteiger partial charge in [-0.15, -0.1) is 11.3 Å². The first-order chi connectivity index (χ1) is 9.53. The highest BCUT2D eigenvalue weighted by atomic mass is 32.2. The molecule has 2 aromatic rings. The second kappa shape index (κ2) is 6.25. The van der Waals surface area contributed by atoms with Gasteiger partial charge in [0.15, 0.2) is 0 Å². The Bertz CT molecular complexity index is 667. The molecular weight excluding hydrogens is 296 g/mol. The van der Waals surface area contributed by atoms with Crippen molar-refractivity contribution in [2.24, 2.45) is 0 Å². The maximum Gasteiger partial charge on any atom is 0.240 e. The molecule has 0 atom stereocenters. The second-order valence-corrected chi connectivity index (χ2v) is 7.00. The summed E-state index contributed by atoms with van der Waals surface area (Å²) in [7, 11) is -2.13. The van der Waals surface area contributed by atoms with Crippen LogP contribution in [-0.4, -0.2) is 22.1 Å². The summed E-state index contributed by atoms with van der Waals surface area (Å²) in [6, 6.07) is 8.43. The Morgan fingerprint density at radius 1 is 1.35 bits per heavy atom. The van der Waals surface area contributed by atoms with Gasteiger partial charge in [-0.05, 0) is 30.6 Å². The molecule has 0 fully saturated rings. The Labute approximate surface area is 122 Å². The summed E-state index contributed by atoms with van der Waals surface area (Å²) < 4.78 is 31.3. The Balaban J connectivity index is 2.09. The third kappa shape index (κ3) is 3.50. The van der Waals surface area contributed by atoms with Gasteiger partial charge in [-0.1, -0.05) is 6.07 Å². The van der Waals surface area contributed by atoms with Crippen LogP contribution in [0.5, 0.6) is 5.75 Å². The third-order valence-corrected chi connectivity index (χ3v) is 5.10. The molecule has 0 radical (unpaired) electrons. The minimum Gasteiger partial charge on any atom is -0.491 e. The molecule has 7 heteroatoms. The van der Waals surface area contributed by atoms with E-state index in [1.54, 1.807) is 11.3 Å². The van der Waals surface area contributed by atoms with Gasteiger partial charge in [-0.25, -0.2) is 13.1 Å². The van der Waals surface area contributed by atoms with Crippen molar-refractivity contribution in [1.82, 2.24) is 4.72 Å². The summed E-state index contributed by atoms with van der Waals surface area (Å²) >= 11 is 1.66. The Morgan fingerprint density at radius 2 is 2.15 bits per heavy atom. The first kappa shape index (κ1) is 14.8. The average molecular weight is 312 g/mol. The number of ether oxygens (including phenoxy) is 1. The molecule has 0 aliphatic carbocycles. The van der Waals surface area contributed by atoms with E-state index < -0.39 is 10.0 Å². The van der Waals surface area contributed by atoms with Crippen molar-refractivity contribution in [3.8, 4) is 5.75 Å². The highest BCUT2D eigenvalue weighted by Gasteiger charge is 2.13. The van der Waals surface area contributed by atoms with E-state index in [2.05, 4.69) is 4.72 Å². The van der Waals surface area contributed by atoms with Crippen LogP contribution in [0.3, 0.4) is 0 Å². The maximum absolute atomic E-state index is 11.7. The molecule has 1 aromatic heterocycles. The van der Waals surface area contributed by atoms with Crippen LogP contribution < -0.4 is 15.2 Å². The van der Waals surface area contributed by atoms with Crippen molar-refractivity contribution in [3.05, 3.63) is 40.6 Å². The molecule has 0 saturated heterocycles. The summed E-state index contributed by atoms with van der Waals surface area (Å²) in [6.07, 6.45) is 0.764. The van der Waals surface area contributed by atoms with Gasteiger partial charge in [0.25, 0.3) is 0 Å². The number of nitrogens with one attached hydrogen (secondary N) is 1. The highest BCUT2D eigenvalue weighted by Crippen LogP contribution is 2.25. The van der Waals surface area contributed by atoms with Crippen LogP contribution in [0.25, 0.3) is 0 Å². The van der Waals surface area contributed by atoms with Crippen molar-refractivity contribution >= 4 is 27.0 Å². The molecule has 0 aliphatic rings. The van der Waals surface area contributed by atoms with Gasteiger partial charge in [0.1, 0.15) is 5.75 Å². The van der Waals surface area contributed by atoms with Crippen molar-refractivity contribution in [3.63, 3.8) is 0 Å². The van der Waals surface area contributed by atoms with Gasteiger partial charge in [-0.2, -0.15) is 0 Å². The molecule has 0 amide bonds. The number of sulfonamides is 1. The molecule has 2 rings (SSSR count). The van der Waals surface area contributed by atoms with E-state index in [0.717, 1.165) is 6.42 Å². The summed E-state index contributed by atoms with van der Waals surface area (Å²) in [5.41, 5.74) is 6.22. The molecule has 0 unspecified atom stereocenters. The van der Waals surface area contributed by atoms with Crippen LogP contribution >= 0.6 is 11.3 Å². The number of nitrogens with two attached hydrogens (primary N) is 1. The Kier molecular flexibility index (Phi) is 4.64. The molecule has 0 bridgehead atoms. The van der Waals surface area contributed by atoms with Crippen LogP contribution in [0.1, 0.15) is 4.88 Å². The molecule has 1 aromatic carbocycles. The summed E-state index contributed by atoms with van der Waals surface area (Å²) in [5.74, 6) is 0.387. The lowest BCUT2D eigenvalue weighted by molar-refractivity contribution is 0.324. The molecule has 0 spiro atoms. The van der Waals surface area contributed by atoms with Crippen molar-refractivity contribution in [2.75, 3.05) is 19.4 Å². The van der Waals surface area contributed by atoms with Crippen molar-refractivity contribution < 1.29 is 13.2 Å². The highest BCUT2D eigenvalue weighted by molar-refractivity contribution is 7.89. The van der Waals surface area contributed by atoms with E-state index in [1.165, 1.54) is 30.1 Å². The number of benzene rings is 1. The Hall–Kier alpha value is -1.57. The number of rotatable bonds is 6. The zero-order valence-electron chi connectivity index (χ0n) is 11.0. The molecule has 0 saturated carbocycles. The molecule has 0 aliphatic heterocycles. The molecule has 1 heterocycles. The number of thiophene rings is 1. The van der Waals surface area contributed by atoms with Gasteiger partial charge < -0.3 is 10.5 Å². The monoisotopic (exact) mass is 312 g/mol. The Morgan fingerprint density at radius 3 is 2.80 bits per heavy atom. The predicted molar refractivity (Wildman–Crippen MR) is 80.6 cm³/mol. The van der Waals surface area contributed by atoms with Crippen LogP contribution in [0.15, 0.2) is 40.6 Å². The van der Waals surface area contributed by atoms with Crippen LogP contribution in [0.4, 0.5) is 5.69 Å². The van der Waals surface area contributed by atoms with Gasteiger partial charge in [0, 0.05) is 17.4 Å². The van der Waals surface area contributed by atoms with Crippen LogP contribution in [-0.2, 0) is 16.4 Å². The number of anilines is 1. The lowest BCUT2D eigenvalue weighted by atomic mass is 10.3. The number of nitrogen functional groups attached to an aromatic ring is 1. The van der Waals surface area contributed by atoms with Gasteiger partial charge in [0.2, 0.25) is 10.0 Å². The number of hydrogen-bond acceptors (Lipinski definition) is 5.